The van der Waals surface area contributed by atoms with E-state index in [0.717, 1.165) is 49.6 Å². The van der Waals surface area contributed by atoms with E-state index in [-0.39, 0.29) is 0 Å². The van der Waals surface area contributed by atoms with Gasteiger partial charge in [0, 0.05) is 32.7 Å². The molecule has 4 heterocycles. The van der Waals surface area contributed by atoms with Crippen molar-refractivity contribution >= 4 is 33.3 Å². The number of sulfonamides is 1. The highest BCUT2D eigenvalue weighted by Crippen LogP contribution is 2.43. The number of carboxylic acids is 2. The van der Waals surface area contributed by atoms with Gasteiger partial charge in [0.15, 0.2) is 0 Å². The summed E-state index contributed by atoms with van der Waals surface area (Å²) in [6.07, 6.45) is -5.40. The van der Waals surface area contributed by atoms with Crippen LogP contribution in [0.5, 0.6) is 0 Å². The van der Waals surface area contributed by atoms with Gasteiger partial charge in [-0.15, -0.1) is 0 Å². The SMILES string of the molecule is CS(=O)(=O)N1CCn2c(-c3ccccc3)cnc2C12CCN(Cc1ccsc1)CC2.O=C(O)C(F)(F)F.O=C(O)C(F)(F)F. The smallest absolute Gasteiger partial charge is 0.475 e. The molecule has 0 bridgehead atoms. The van der Waals surface area contributed by atoms with Gasteiger partial charge in [0.05, 0.1) is 23.7 Å². The summed E-state index contributed by atoms with van der Waals surface area (Å²) in [7, 11) is -3.34. The van der Waals surface area contributed by atoms with Crippen LogP contribution in [0.2, 0.25) is 0 Å². The van der Waals surface area contributed by atoms with Crippen LogP contribution in [0.4, 0.5) is 26.3 Å². The van der Waals surface area contributed by atoms with E-state index < -0.39 is 39.9 Å². The number of aliphatic carboxylic acids is 2. The summed E-state index contributed by atoms with van der Waals surface area (Å²) in [6, 6.07) is 12.4. The predicted octanol–water partition coefficient (Wildman–Crippen LogP) is 4.64. The Balaban J connectivity index is 0.000000317. The molecule has 2 aliphatic heterocycles. The molecule has 242 valence electrons. The molecular formula is C26H28F6N4O6S2. The van der Waals surface area contributed by atoms with Crippen molar-refractivity contribution < 1.29 is 54.6 Å². The monoisotopic (exact) mass is 670 g/mol. The van der Waals surface area contributed by atoms with Crippen LogP contribution in [0.15, 0.2) is 53.4 Å². The largest absolute Gasteiger partial charge is 0.490 e. The zero-order chi connectivity index (χ0) is 32.9. The molecule has 0 unspecified atom stereocenters. The van der Waals surface area contributed by atoms with Crippen LogP contribution >= 0.6 is 11.3 Å². The van der Waals surface area contributed by atoms with Crippen molar-refractivity contribution in [1.82, 2.24) is 18.8 Å². The van der Waals surface area contributed by atoms with Crippen molar-refractivity contribution in [2.45, 2.75) is 43.8 Å². The first-order valence-corrected chi connectivity index (χ1v) is 15.6. The van der Waals surface area contributed by atoms with Gasteiger partial charge in [-0.25, -0.2) is 23.0 Å². The third-order valence-electron chi connectivity index (χ3n) is 6.90. The summed E-state index contributed by atoms with van der Waals surface area (Å²) < 4.78 is 93.0. The molecular weight excluding hydrogens is 642 g/mol. The lowest BCUT2D eigenvalue weighted by atomic mass is 9.85. The summed E-state index contributed by atoms with van der Waals surface area (Å²) in [4.78, 5) is 25.0. The Labute approximate surface area is 252 Å². The summed E-state index contributed by atoms with van der Waals surface area (Å²) in [5, 5.41) is 18.5. The molecule has 3 aromatic rings. The van der Waals surface area contributed by atoms with Crippen LogP contribution < -0.4 is 0 Å². The molecule has 1 aromatic carbocycles. The van der Waals surface area contributed by atoms with Gasteiger partial charge in [0.1, 0.15) is 5.82 Å². The number of thiophene rings is 1. The zero-order valence-electron chi connectivity index (χ0n) is 23.0. The zero-order valence-corrected chi connectivity index (χ0v) is 24.7. The van der Waals surface area contributed by atoms with E-state index >= 15 is 0 Å². The summed E-state index contributed by atoms with van der Waals surface area (Å²) in [6.45, 7) is 3.76. The maximum atomic E-state index is 12.8. The normalized spacial score (nSPS) is 17.1. The van der Waals surface area contributed by atoms with Crippen LogP contribution in [-0.2, 0) is 38.2 Å². The van der Waals surface area contributed by atoms with Gasteiger partial charge in [-0.3, -0.25) is 4.90 Å². The number of rotatable bonds is 4. The number of imidazole rings is 1. The van der Waals surface area contributed by atoms with Gasteiger partial charge in [-0.1, -0.05) is 30.3 Å². The standard InChI is InChI=1S/C22H26N4O2S2.2C2HF3O2/c1-30(27,28)26-13-12-25-20(19-5-3-2-4-6-19)15-23-21(25)22(26)8-10-24(11-9-22)16-18-7-14-29-17-18;2*3-2(4,5)1(6)7/h2-7,14-15,17H,8-13,16H2,1H3;2*(H,6,7). The Hall–Kier alpha value is -3.48. The van der Waals surface area contributed by atoms with Gasteiger partial charge >= 0.3 is 24.3 Å². The van der Waals surface area contributed by atoms with Crippen molar-refractivity contribution in [1.29, 1.82) is 0 Å². The number of carboxylic acid groups (broad SMARTS) is 2. The fourth-order valence-electron chi connectivity index (χ4n) is 5.01. The lowest BCUT2D eigenvalue weighted by Gasteiger charge is -2.49. The molecule has 0 atom stereocenters. The second-order valence-corrected chi connectivity index (χ2v) is 12.6. The number of nitrogens with zero attached hydrogens (tertiary/aromatic N) is 4. The maximum absolute atomic E-state index is 12.8. The third kappa shape index (κ3) is 8.58. The highest BCUT2D eigenvalue weighted by molar-refractivity contribution is 7.88. The van der Waals surface area contributed by atoms with Gasteiger partial charge in [-0.05, 0) is 40.8 Å². The van der Waals surface area contributed by atoms with Crippen LogP contribution in [-0.4, -0.2) is 87.6 Å². The molecule has 1 spiro atoms. The van der Waals surface area contributed by atoms with E-state index in [0.29, 0.717) is 13.1 Å². The van der Waals surface area contributed by atoms with Crippen molar-refractivity contribution in [3.05, 3.63) is 64.7 Å². The minimum absolute atomic E-state index is 0.493. The Morgan fingerprint density at radius 3 is 1.93 bits per heavy atom. The van der Waals surface area contributed by atoms with Crippen molar-refractivity contribution in [3.8, 4) is 11.3 Å². The predicted molar refractivity (Wildman–Crippen MR) is 147 cm³/mol. The molecule has 2 aliphatic rings. The van der Waals surface area contributed by atoms with Gasteiger partial charge in [0.2, 0.25) is 10.0 Å². The van der Waals surface area contributed by atoms with Crippen LogP contribution in [0.25, 0.3) is 11.3 Å². The third-order valence-corrected chi connectivity index (χ3v) is 8.97. The number of halogens is 6. The summed E-state index contributed by atoms with van der Waals surface area (Å²) in [5.41, 5.74) is 2.95. The van der Waals surface area contributed by atoms with E-state index in [9.17, 15) is 34.8 Å². The average Bonchev–Trinajstić information content (AvgIpc) is 3.60. The lowest BCUT2D eigenvalue weighted by molar-refractivity contribution is -0.193. The fourth-order valence-corrected chi connectivity index (χ4v) is 6.98. The molecule has 18 heteroatoms. The number of fused-ring (bicyclic) bond motifs is 2. The van der Waals surface area contributed by atoms with E-state index in [1.165, 1.54) is 11.8 Å². The molecule has 1 fully saturated rings. The molecule has 0 saturated carbocycles. The van der Waals surface area contributed by atoms with Crippen LogP contribution in [0.1, 0.15) is 24.2 Å². The van der Waals surface area contributed by atoms with E-state index in [4.69, 9.17) is 24.8 Å². The Morgan fingerprint density at radius 1 is 0.932 bits per heavy atom. The number of piperidine rings is 1. The molecule has 2 aromatic heterocycles. The highest BCUT2D eigenvalue weighted by atomic mass is 32.2. The van der Waals surface area contributed by atoms with Gasteiger partial charge in [-0.2, -0.15) is 42.0 Å². The van der Waals surface area contributed by atoms with Gasteiger partial charge in [0.25, 0.3) is 0 Å². The molecule has 0 aliphatic carbocycles. The number of likely N-dealkylation sites (tertiary alicyclic amines) is 1. The molecule has 10 nitrogen and oxygen atoms in total. The number of aromatic nitrogens is 2. The molecule has 2 N–H and O–H groups in total. The number of hydrogen-bond donors (Lipinski definition) is 2. The average molecular weight is 671 g/mol. The lowest BCUT2D eigenvalue weighted by Crippen LogP contribution is -2.59. The van der Waals surface area contributed by atoms with Crippen LogP contribution in [0, 0.1) is 0 Å². The summed E-state index contributed by atoms with van der Waals surface area (Å²) >= 11 is 1.72. The molecule has 0 amide bonds. The van der Waals surface area contributed by atoms with Gasteiger partial charge < -0.3 is 14.8 Å². The van der Waals surface area contributed by atoms with E-state index in [1.54, 1.807) is 15.6 Å². The minimum Gasteiger partial charge on any atom is -0.475 e. The first-order chi connectivity index (χ1) is 20.4. The summed E-state index contributed by atoms with van der Waals surface area (Å²) in [5.74, 6) is -4.62. The topological polar surface area (TPSA) is 133 Å². The molecule has 44 heavy (non-hydrogen) atoms. The van der Waals surface area contributed by atoms with E-state index in [1.807, 2.05) is 24.4 Å². The quantitative estimate of drug-likeness (QED) is 0.384. The second-order valence-electron chi connectivity index (χ2n) is 9.86. The Kier molecular flexibility index (Phi) is 10.9. The first-order valence-electron chi connectivity index (χ1n) is 12.8. The second kappa shape index (κ2) is 13.7. The minimum atomic E-state index is -5.08. The Morgan fingerprint density at radius 2 is 1.48 bits per heavy atom. The highest BCUT2D eigenvalue weighted by Gasteiger charge is 2.50. The molecule has 1 saturated heterocycles. The number of alkyl halides is 6. The molecule has 5 rings (SSSR count). The number of benzene rings is 1. The van der Waals surface area contributed by atoms with E-state index in [2.05, 4.69) is 38.4 Å². The van der Waals surface area contributed by atoms with Crippen molar-refractivity contribution in [2.75, 3.05) is 25.9 Å². The first kappa shape index (κ1) is 35.0. The fraction of sp³-hybridized carbons (Fsp3) is 0.423. The number of carbonyl (C=O) groups is 2. The number of hydrogen-bond acceptors (Lipinski definition) is 7. The van der Waals surface area contributed by atoms with Crippen molar-refractivity contribution in [3.63, 3.8) is 0 Å². The van der Waals surface area contributed by atoms with Crippen LogP contribution in [0.3, 0.4) is 0 Å². The Bertz CT molecular complexity index is 1490. The maximum Gasteiger partial charge on any atom is 0.490 e. The van der Waals surface area contributed by atoms with Crippen molar-refractivity contribution in [2.24, 2.45) is 0 Å². The molecule has 0 radical (unpaired) electrons.